The van der Waals surface area contributed by atoms with Crippen LogP contribution in [-0.4, -0.2) is 19.1 Å². The second-order valence-electron chi connectivity index (χ2n) is 6.28. The highest BCUT2D eigenvalue weighted by atomic mass is 15.2. The zero-order valence-electron chi connectivity index (χ0n) is 12.9. The first kappa shape index (κ1) is 14.2. The molecule has 0 saturated carbocycles. The summed E-state index contributed by atoms with van der Waals surface area (Å²) in [5.74, 6) is 0.525. The molecule has 2 atom stereocenters. The minimum Gasteiger partial charge on any atom is -0.369 e. The molecule has 1 aliphatic heterocycles. The van der Waals surface area contributed by atoms with E-state index in [1.807, 2.05) is 0 Å². The van der Waals surface area contributed by atoms with Crippen LogP contribution in [0.4, 0.5) is 5.69 Å². The predicted molar refractivity (Wildman–Crippen MR) is 89.9 cm³/mol. The van der Waals surface area contributed by atoms with Crippen LogP contribution in [0.1, 0.15) is 29.0 Å². The number of nitrogens with zero attached hydrogens (tertiary/aromatic N) is 1. The molecule has 2 nitrogen and oxygen atoms in total. The summed E-state index contributed by atoms with van der Waals surface area (Å²) < 4.78 is 0. The molecule has 1 saturated heterocycles. The quantitative estimate of drug-likeness (QED) is 0.910. The maximum Gasteiger partial charge on any atom is 0.0369 e. The zero-order valence-corrected chi connectivity index (χ0v) is 12.9. The van der Waals surface area contributed by atoms with E-state index < -0.39 is 0 Å². The summed E-state index contributed by atoms with van der Waals surface area (Å²) in [5, 5.41) is 0. The van der Waals surface area contributed by atoms with Crippen LogP contribution >= 0.6 is 0 Å². The van der Waals surface area contributed by atoms with Gasteiger partial charge in [0.15, 0.2) is 0 Å². The summed E-state index contributed by atoms with van der Waals surface area (Å²) in [6.45, 7) is 6.34. The minimum atomic E-state index is 0.241. The van der Waals surface area contributed by atoms with Crippen molar-refractivity contribution < 1.29 is 0 Å². The summed E-state index contributed by atoms with van der Waals surface area (Å²) in [5.41, 5.74) is 11.7. The van der Waals surface area contributed by atoms with Gasteiger partial charge in [0.05, 0.1) is 0 Å². The van der Waals surface area contributed by atoms with E-state index in [4.69, 9.17) is 5.73 Å². The molecule has 2 aromatic rings. The van der Waals surface area contributed by atoms with Gasteiger partial charge >= 0.3 is 0 Å². The van der Waals surface area contributed by atoms with Crippen molar-refractivity contribution in [2.45, 2.75) is 32.2 Å². The van der Waals surface area contributed by atoms with Crippen molar-refractivity contribution in [2.75, 3.05) is 18.0 Å². The molecule has 21 heavy (non-hydrogen) atoms. The Hall–Kier alpha value is -1.80. The first-order chi connectivity index (χ1) is 10.1. The fourth-order valence-electron chi connectivity index (χ4n) is 3.24. The van der Waals surface area contributed by atoms with Crippen LogP contribution in [0.2, 0.25) is 0 Å². The molecule has 0 radical (unpaired) electrons. The summed E-state index contributed by atoms with van der Waals surface area (Å²) in [6, 6.07) is 17.7. The molecule has 2 unspecified atom stereocenters. The fraction of sp³-hybridized carbons (Fsp3) is 0.368. The van der Waals surface area contributed by atoms with Crippen molar-refractivity contribution >= 4 is 5.69 Å². The van der Waals surface area contributed by atoms with Gasteiger partial charge in [0, 0.05) is 30.7 Å². The lowest BCUT2D eigenvalue weighted by Crippen LogP contribution is -2.46. The van der Waals surface area contributed by atoms with Crippen LogP contribution in [0.15, 0.2) is 48.5 Å². The summed E-state index contributed by atoms with van der Waals surface area (Å²) in [6.07, 6.45) is 1.07. The number of rotatable bonds is 2. The number of aryl methyl sites for hydroxylation is 2. The van der Waals surface area contributed by atoms with Gasteiger partial charge in [0.2, 0.25) is 0 Å². The standard InChI is InChI=1S/C19H24N2/c1-14-8-9-19(10-15(14)2)21-12-17(11-18(20)13-21)16-6-4-3-5-7-16/h3-10,17-18H,11-13,20H2,1-2H3. The van der Waals surface area contributed by atoms with E-state index in [2.05, 4.69) is 67.3 Å². The molecule has 1 fully saturated rings. The third kappa shape index (κ3) is 3.11. The van der Waals surface area contributed by atoms with Crippen LogP contribution in [0, 0.1) is 13.8 Å². The summed E-state index contributed by atoms with van der Waals surface area (Å²) >= 11 is 0. The Kier molecular flexibility index (Phi) is 3.98. The van der Waals surface area contributed by atoms with Crippen molar-refractivity contribution in [1.29, 1.82) is 0 Å². The van der Waals surface area contributed by atoms with Crippen molar-refractivity contribution in [2.24, 2.45) is 5.73 Å². The van der Waals surface area contributed by atoms with Gasteiger partial charge in [0.1, 0.15) is 0 Å². The number of benzene rings is 2. The third-order valence-corrected chi connectivity index (χ3v) is 4.61. The molecule has 2 N–H and O–H groups in total. The molecule has 0 aliphatic carbocycles. The third-order valence-electron chi connectivity index (χ3n) is 4.61. The van der Waals surface area contributed by atoms with E-state index in [1.54, 1.807) is 0 Å². The minimum absolute atomic E-state index is 0.241. The van der Waals surface area contributed by atoms with Gasteiger partial charge in [0.25, 0.3) is 0 Å². The van der Waals surface area contributed by atoms with E-state index in [9.17, 15) is 0 Å². The van der Waals surface area contributed by atoms with Crippen LogP contribution in [0.3, 0.4) is 0 Å². The number of anilines is 1. The molecule has 0 amide bonds. The highest BCUT2D eigenvalue weighted by molar-refractivity contribution is 5.51. The molecule has 110 valence electrons. The van der Waals surface area contributed by atoms with Gasteiger partial charge in [-0.25, -0.2) is 0 Å². The van der Waals surface area contributed by atoms with E-state index in [-0.39, 0.29) is 6.04 Å². The molecule has 1 heterocycles. The maximum atomic E-state index is 6.32. The Morgan fingerprint density at radius 2 is 1.71 bits per heavy atom. The average molecular weight is 280 g/mol. The second-order valence-corrected chi connectivity index (χ2v) is 6.28. The highest BCUT2D eigenvalue weighted by Crippen LogP contribution is 2.30. The molecule has 2 aromatic carbocycles. The molecule has 1 aliphatic rings. The fourth-order valence-corrected chi connectivity index (χ4v) is 3.24. The first-order valence-electron chi connectivity index (χ1n) is 7.76. The Bertz CT molecular complexity index is 606. The van der Waals surface area contributed by atoms with Crippen molar-refractivity contribution in [3.05, 3.63) is 65.2 Å². The van der Waals surface area contributed by atoms with Crippen LogP contribution < -0.4 is 10.6 Å². The molecule has 0 aromatic heterocycles. The SMILES string of the molecule is Cc1ccc(N2CC(N)CC(c3ccccc3)C2)cc1C. The molecule has 0 spiro atoms. The highest BCUT2D eigenvalue weighted by Gasteiger charge is 2.26. The monoisotopic (exact) mass is 280 g/mol. The van der Waals surface area contributed by atoms with E-state index in [0.29, 0.717) is 5.92 Å². The Morgan fingerprint density at radius 3 is 2.43 bits per heavy atom. The topological polar surface area (TPSA) is 29.3 Å². The smallest absolute Gasteiger partial charge is 0.0369 e. The van der Waals surface area contributed by atoms with Crippen LogP contribution in [-0.2, 0) is 0 Å². The van der Waals surface area contributed by atoms with Gasteiger partial charge in [-0.3, -0.25) is 0 Å². The maximum absolute atomic E-state index is 6.32. The predicted octanol–water partition coefficient (Wildman–Crippen LogP) is 3.62. The molecule has 2 heteroatoms. The number of piperidine rings is 1. The number of nitrogens with two attached hydrogens (primary N) is 1. The van der Waals surface area contributed by atoms with E-state index >= 15 is 0 Å². The number of hydrogen-bond acceptors (Lipinski definition) is 2. The van der Waals surface area contributed by atoms with E-state index in [0.717, 1.165) is 19.5 Å². The van der Waals surface area contributed by atoms with Gasteiger partial charge in [-0.1, -0.05) is 36.4 Å². The van der Waals surface area contributed by atoms with Crippen molar-refractivity contribution in [3.8, 4) is 0 Å². The average Bonchev–Trinajstić information content (AvgIpc) is 2.50. The Balaban J connectivity index is 1.84. The molecule has 3 rings (SSSR count). The second kappa shape index (κ2) is 5.90. The zero-order chi connectivity index (χ0) is 14.8. The van der Waals surface area contributed by atoms with Gasteiger partial charge in [-0.2, -0.15) is 0 Å². The van der Waals surface area contributed by atoms with Crippen molar-refractivity contribution in [3.63, 3.8) is 0 Å². The van der Waals surface area contributed by atoms with Gasteiger partial charge in [-0.15, -0.1) is 0 Å². The van der Waals surface area contributed by atoms with Gasteiger partial charge in [-0.05, 0) is 49.1 Å². The first-order valence-corrected chi connectivity index (χ1v) is 7.76. The van der Waals surface area contributed by atoms with Gasteiger partial charge < -0.3 is 10.6 Å². The van der Waals surface area contributed by atoms with Crippen LogP contribution in [0.5, 0.6) is 0 Å². The number of hydrogen-bond donors (Lipinski definition) is 1. The summed E-state index contributed by atoms with van der Waals surface area (Å²) in [4.78, 5) is 2.44. The molecular formula is C19H24N2. The molecule has 0 bridgehead atoms. The normalized spacial score (nSPS) is 22.3. The Morgan fingerprint density at radius 1 is 0.952 bits per heavy atom. The Labute approximate surface area is 127 Å². The van der Waals surface area contributed by atoms with Crippen molar-refractivity contribution in [1.82, 2.24) is 0 Å². The van der Waals surface area contributed by atoms with Crippen LogP contribution in [0.25, 0.3) is 0 Å². The largest absolute Gasteiger partial charge is 0.369 e. The summed E-state index contributed by atoms with van der Waals surface area (Å²) in [7, 11) is 0. The molecular weight excluding hydrogens is 256 g/mol. The lowest BCUT2D eigenvalue weighted by molar-refractivity contribution is 0.454. The van der Waals surface area contributed by atoms with E-state index in [1.165, 1.54) is 22.4 Å². The lowest BCUT2D eigenvalue weighted by Gasteiger charge is -2.38. The lowest BCUT2D eigenvalue weighted by atomic mass is 9.88.